The van der Waals surface area contributed by atoms with Crippen LogP contribution in [0, 0.1) is 0 Å². The van der Waals surface area contributed by atoms with E-state index in [1.165, 1.54) is 6.21 Å². The molecule has 0 atom stereocenters. The highest BCUT2D eigenvalue weighted by Crippen LogP contribution is 2.13. The standard InChI is InChI=1S/C22H19ClN4O2/c23-18-11-9-17(10-12-18)22(29)26-20-8-4-5-16(13-20)14-25-27-21(28)15-24-19-6-2-1-3-7-19/h1-14,24H,15H2,(H,26,29)(H,27,28)/b25-14+. The van der Waals surface area contributed by atoms with E-state index in [0.29, 0.717) is 16.3 Å². The van der Waals surface area contributed by atoms with Crippen LogP contribution in [0.5, 0.6) is 0 Å². The van der Waals surface area contributed by atoms with Crippen molar-refractivity contribution in [3.63, 3.8) is 0 Å². The average molecular weight is 407 g/mol. The Balaban J connectivity index is 1.51. The van der Waals surface area contributed by atoms with Crippen LogP contribution < -0.4 is 16.1 Å². The molecule has 0 fully saturated rings. The van der Waals surface area contributed by atoms with Crippen LogP contribution in [0.1, 0.15) is 15.9 Å². The molecule has 0 aliphatic carbocycles. The number of nitrogens with zero attached hydrogens (tertiary/aromatic N) is 1. The Kier molecular flexibility index (Phi) is 6.97. The van der Waals surface area contributed by atoms with Crippen molar-refractivity contribution in [1.82, 2.24) is 5.43 Å². The maximum atomic E-state index is 12.3. The van der Waals surface area contributed by atoms with Crippen LogP contribution in [0.4, 0.5) is 11.4 Å². The summed E-state index contributed by atoms with van der Waals surface area (Å²) in [6.07, 6.45) is 1.51. The van der Waals surface area contributed by atoms with E-state index in [1.54, 1.807) is 42.5 Å². The number of nitrogens with one attached hydrogen (secondary N) is 3. The van der Waals surface area contributed by atoms with E-state index in [9.17, 15) is 9.59 Å². The number of carbonyl (C=O) groups excluding carboxylic acids is 2. The summed E-state index contributed by atoms with van der Waals surface area (Å²) in [6.45, 7) is 0.110. The topological polar surface area (TPSA) is 82.6 Å². The van der Waals surface area contributed by atoms with Gasteiger partial charge in [0, 0.05) is 22.0 Å². The van der Waals surface area contributed by atoms with Crippen LogP contribution in [0.2, 0.25) is 5.02 Å². The van der Waals surface area contributed by atoms with Gasteiger partial charge in [-0.2, -0.15) is 5.10 Å². The lowest BCUT2D eigenvalue weighted by Gasteiger charge is -2.06. The van der Waals surface area contributed by atoms with Gasteiger partial charge < -0.3 is 10.6 Å². The zero-order valence-electron chi connectivity index (χ0n) is 15.4. The third-order valence-electron chi connectivity index (χ3n) is 3.88. The normalized spacial score (nSPS) is 10.5. The second-order valence-electron chi connectivity index (χ2n) is 6.10. The van der Waals surface area contributed by atoms with Crippen LogP contribution >= 0.6 is 11.6 Å². The number of hydrogen-bond acceptors (Lipinski definition) is 4. The lowest BCUT2D eigenvalue weighted by atomic mass is 10.2. The van der Waals surface area contributed by atoms with E-state index in [1.807, 2.05) is 36.4 Å². The molecule has 0 saturated heterocycles. The van der Waals surface area contributed by atoms with E-state index in [2.05, 4.69) is 21.2 Å². The summed E-state index contributed by atoms with van der Waals surface area (Å²) in [5, 5.41) is 10.3. The molecule has 2 amide bonds. The smallest absolute Gasteiger partial charge is 0.259 e. The van der Waals surface area contributed by atoms with Crippen LogP contribution in [-0.2, 0) is 4.79 Å². The Morgan fingerprint density at radius 1 is 0.897 bits per heavy atom. The predicted molar refractivity (Wildman–Crippen MR) is 117 cm³/mol. The van der Waals surface area contributed by atoms with Gasteiger partial charge in [-0.15, -0.1) is 0 Å². The molecule has 0 aromatic heterocycles. The highest BCUT2D eigenvalue weighted by Gasteiger charge is 2.06. The van der Waals surface area contributed by atoms with E-state index in [0.717, 1.165) is 11.3 Å². The van der Waals surface area contributed by atoms with Crippen molar-refractivity contribution < 1.29 is 9.59 Å². The van der Waals surface area contributed by atoms with Crippen LogP contribution in [0.15, 0.2) is 84.0 Å². The summed E-state index contributed by atoms with van der Waals surface area (Å²) >= 11 is 5.84. The lowest BCUT2D eigenvalue weighted by Crippen LogP contribution is -2.25. The fourth-order valence-corrected chi connectivity index (χ4v) is 2.58. The fourth-order valence-electron chi connectivity index (χ4n) is 2.46. The molecule has 0 heterocycles. The molecule has 3 aromatic carbocycles. The molecule has 29 heavy (non-hydrogen) atoms. The molecule has 3 aromatic rings. The second kappa shape index (κ2) is 10.1. The molecular formula is C22H19ClN4O2. The molecule has 0 bridgehead atoms. The number of hydrazone groups is 1. The van der Waals surface area contributed by atoms with E-state index in [-0.39, 0.29) is 18.4 Å². The first-order valence-electron chi connectivity index (χ1n) is 8.88. The zero-order chi connectivity index (χ0) is 20.5. The number of anilines is 2. The maximum absolute atomic E-state index is 12.3. The SMILES string of the molecule is O=C(CNc1ccccc1)N/N=C/c1cccc(NC(=O)c2ccc(Cl)cc2)c1. The Labute approximate surface area is 173 Å². The van der Waals surface area contributed by atoms with Gasteiger partial charge in [0.15, 0.2) is 0 Å². The molecule has 3 rings (SSSR count). The monoisotopic (exact) mass is 406 g/mol. The summed E-state index contributed by atoms with van der Waals surface area (Å²) in [5.74, 6) is -0.506. The number of carbonyl (C=O) groups is 2. The van der Waals surface area contributed by atoms with Gasteiger partial charge in [-0.05, 0) is 54.1 Å². The maximum Gasteiger partial charge on any atom is 0.259 e. The first-order valence-corrected chi connectivity index (χ1v) is 9.26. The van der Waals surface area contributed by atoms with Crippen LogP contribution in [0.25, 0.3) is 0 Å². The van der Waals surface area contributed by atoms with Crippen molar-refractivity contribution in [3.05, 3.63) is 95.0 Å². The third kappa shape index (κ3) is 6.48. The molecule has 0 aliphatic rings. The predicted octanol–water partition coefficient (Wildman–Crippen LogP) is 4.15. The Hall–Kier alpha value is -3.64. The highest BCUT2D eigenvalue weighted by molar-refractivity contribution is 6.30. The van der Waals surface area contributed by atoms with Crippen molar-refractivity contribution in [2.45, 2.75) is 0 Å². The van der Waals surface area contributed by atoms with Gasteiger partial charge in [-0.25, -0.2) is 5.43 Å². The van der Waals surface area contributed by atoms with Crippen LogP contribution in [-0.4, -0.2) is 24.6 Å². The molecule has 0 aliphatic heterocycles. The highest BCUT2D eigenvalue weighted by atomic mass is 35.5. The Morgan fingerprint density at radius 3 is 2.38 bits per heavy atom. The van der Waals surface area contributed by atoms with Crippen molar-refractivity contribution in [2.24, 2.45) is 5.10 Å². The largest absolute Gasteiger partial charge is 0.376 e. The van der Waals surface area contributed by atoms with E-state index < -0.39 is 0 Å². The van der Waals surface area contributed by atoms with Gasteiger partial charge in [0.05, 0.1) is 12.8 Å². The minimum Gasteiger partial charge on any atom is -0.376 e. The summed E-state index contributed by atoms with van der Waals surface area (Å²) in [5.41, 5.74) is 5.17. The van der Waals surface area contributed by atoms with Crippen molar-refractivity contribution >= 4 is 41.0 Å². The minimum absolute atomic E-state index is 0.110. The lowest BCUT2D eigenvalue weighted by molar-refractivity contribution is -0.119. The summed E-state index contributed by atoms with van der Waals surface area (Å²) < 4.78 is 0. The zero-order valence-corrected chi connectivity index (χ0v) is 16.2. The molecular weight excluding hydrogens is 388 g/mol. The number of hydrogen-bond donors (Lipinski definition) is 3. The number of amides is 2. The number of rotatable bonds is 7. The number of halogens is 1. The van der Waals surface area contributed by atoms with Gasteiger partial charge in [0.1, 0.15) is 0 Å². The first-order chi connectivity index (χ1) is 14.1. The molecule has 146 valence electrons. The Morgan fingerprint density at radius 2 is 1.62 bits per heavy atom. The molecule has 3 N–H and O–H groups in total. The average Bonchev–Trinajstić information content (AvgIpc) is 2.74. The number of para-hydroxylation sites is 1. The summed E-state index contributed by atoms with van der Waals surface area (Å²) in [7, 11) is 0. The summed E-state index contributed by atoms with van der Waals surface area (Å²) in [4.78, 5) is 24.1. The molecule has 7 heteroatoms. The molecule has 0 radical (unpaired) electrons. The summed E-state index contributed by atoms with van der Waals surface area (Å²) in [6, 6.07) is 23.2. The first kappa shape index (κ1) is 20.1. The van der Waals surface area contributed by atoms with Gasteiger partial charge >= 0.3 is 0 Å². The van der Waals surface area contributed by atoms with Crippen molar-refractivity contribution in [1.29, 1.82) is 0 Å². The van der Waals surface area contributed by atoms with Crippen molar-refractivity contribution in [2.75, 3.05) is 17.2 Å². The fraction of sp³-hybridized carbons (Fsp3) is 0.0455. The molecule has 0 unspecified atom stereocenters. The van der Waals surface area contributed by atoms with Crippen LogP contribution in [0.3, 0.4) is 0 Å². The molecule has 6 nitrogen and oxygen atoms in total. The number of benzene rings is 3. The van der Waals surface area contributed by atoms with Gasteiger partial charge in [0.2, 0.25) is 0 Å². The third-order valence-corrected chi connectivity index (χ3v) is 4.13. The van der Waals surface area contributed by atoms with Gasteiger partial charge in [0.25, 0.3) is 11.8 Å². The minimum atomic E-state index is -0.266. The second-order valence-corrected chi connectivity index (χ2v) is 6.54. The quantitative estimate of drug-likeness (QED) is 0.407. The van der Waals surface area contributed by atoms with E-state index in [4.69, 9.17) is 11.6 Å². The van der Waals surface area contributed by atoms with Gasteiger partial charge in [-0.1, -0.05) is 41.9 Å². The molecule has 0 spiro atoms. The van der Waals surface area contributed by atoms with Gasteiger partial charge in [-0.3, -0.25) is 9.59 Å². The van der Waals surface area contributed by atoms with Crippen molar-refractivity contribution in [3.8, 4) is 0 Å². The Bertz CT molecular complexity index is 1000. The molecule has 0 saturated carbocycles. The van der Waals surface area contributed by atoms with E-state index >= 15 is 0 Å².